The molecule has 2 bridgehead atoms. The van der Waals surface area contributed by atoms with E-state index >= 15 is 0 Å². The Morgan fingerprint density at radius 1 is 1.11 bits per heavy atom. The molecule has 27 heavy (non-hydrogen) atoms. The SMILES string of the molecule is Cc1nonc1CC(=O)N1CCC(c2nc(C3CC4CCC3C4)no2)CC1. The van der Waals surface area contributed by atoms with Crippen molar-refractivity contribution in [2.24, 2.45) is 11.8 Å². The van der Waals surface area contributed by atoms with E-state index in [0.29, 0.717) is 30.4 Å². The van der Waals surface area contributed by atoms with Crippen LogP contribution in [0.4, 0.5) is 0 Å². The lowest BCUT2D eigenvalue weighted by Gasteiger charge is -2.30. The second-order valence-electron chi connectivity index (χ2n) is 8.40. The number of carbonyl (C=O) groups excluding carboxylic acids is 1. The van der Waals surface area contributed by atoms with Gasteiger partial charge in [0.15, 0.2) is 5.82 Å². The summed E-state index contributed by atoms with van der Waals surface area (Å²) < 4.78 is 10.3. The molecular weight excluding hydrogens is 346 g/mol. The van der Waals surface area contributed by atoms with Gasteiger partial charge >= 0.3 is 0 Å². The number of amides is 1. The maximum absolute atomic E-state index is 12.5. The van der Waals surface area contributed by atoms with Crippen molar-refractivity contribution in [1.29, 1.82) is 0 Å². The largest absolute Gasteiger partial charge is 0.342 e. The number of carbonyl (C=O) groups is 1. The molecule has 1 aliphatic heterocycles. The van der Waals surface area contributed by atoms with Gasteiger partial charge in [0.05, 0.1) is 6.42 Å². The van der Waals surface area contributed by atoms with Crippen LogP contribution in [0.2, 0.25) is 0 Å². The van der Waals surface area contributed by atoms with Crippen LogP contribution in [-0.4, -0.2) is 44.4 Å². The molecule has 2 saturated carbocycles. The molecule has 2 aromatic rings. The third kappa shape index (κ3) is 3.15. The van der Waals surface area contributed by atoms with Gasteiger partial charge in [-0.2, -0.15) is 4.98 Å². The van der Waals surface area contributed by atoms with Gasteiger partial charge in [-0.1, -0.05) is 21.9 Å². The second kappa shape index (κ2) is 6.73. The Labute approximate surface area is 157 Å². The van der Waals surface area contributed by atoms with E-state index < -0.39 is 0 Å². The highest BCUT2D eigenvalue weighted by Gasteiger charge is 2.42. The zero-order valence-corrected chi connectivity index (χ0v) is 15.6. The average molecular weight is 371 g/mol. The van der Waals surface area contributed by atoms with Gasteiger partial charge in [-0.25, -0.2) is 4.63 Å². The number of hydrogen-bond donors (Lipinski definition) is 0. The number of likely N-dealkylation sites (tertiary alicyclic amines) is 1. The molecule has 2 aliphatic carbocycles. The van der Waals surface area contributed by atoms with Gasteiger partial charge in [0, 0.05) is 24.9 Å². The monoisotopic (exact) mass is 371 g/mol. The highest BCUT2D eigenvalue weighted by Crippen LogP contribution is 2.52. The minimum absolute atomic E-state index is 0.0699. The number of aromatic nitrogens is 4. The predicted octanol–water partition coefficient (Wildman–Crippen LogP) is 2.61. The normalized spacial score (nSPS) is 28.2. The van der Waals surface area contributed by atoms with Gasteiger partial charge in [0.1, 0.15) is 11.4 Å². The first-order valence-electron chi connectivity index (χ1n) is 10.1. The van der Waals surface area contributed by atoms with E-state index in [0.717, 1.165) is 36.4 Å². The Morgan fingerprint density at radius 2 is 1.96 bits per heavy atom. The minimum Gasteiger partial charge on any atom is -0.342 e. The van der Waals surface area contributed by atoms with Gasteiger partial charge in [-0.3, -0.25) is 4.79 Å². The summed E-state index contributed by atoms with van der Waals surface area (Å²) in [5.41, 5.74) is 1.30. The number of aryl methyl sites for hydroxylation is 1. The molecule has 3 atom stereocenters. The standard InChI is InChI=1S/C19H25N5O3/c1-11-16(22-27-21-11)10-17(25)24-6-4-13(5-7-24)19-20-18(23-26-19)15-9-12-2-3-14(15)8-12/h12-15H,2-10H2,1H3. The van der Waals surface area contributed by atoms with E-state index in [1.54, 1.807) is 6.92 Å². The van der Waals surface area contributed by atoms with E-state index in [1.807, 2.05) is 4.90 Å². The van der Waals surface area contributed by atoms with Crippen LogP contribution in [0.25, 0.3) is 0 Å². The highest BCUT2D eigenvalue weighted by molar-refractivity contribution is 5.78. The summed E-state index contributed by atoms with van der Waals surface area (Å²) in [5, 5.41) is 11.8. The van der Waals surface area contributed by atoms with Crippen molar-refractivity contribution < 1.29 is 13.9 Å². The Morgan fingerprint density at radius 3 is 2.63 bits per heavy atom. The quantitative estimate of drug-likeness (QED) is 0.814. The summed E-state index contributed by atoms with van der Waals surface area (Å²) >= 11 is 0. The zero-order chi connectivity index (χ0) is 18.4. The second-order valence-corrected chi connectivity index (χ2v) is 8.40. The van der Waals surface area contributed by atoms with Crippen LogP contribution in [-0.2, 0) is 11.2 Å². The lowest BCUT2D eigenvalue weighted by atomic mass is 9.88. The topological polar surface area (TPSA) is 98.2 Å². The van der Waals surface area contributed by atoms with Crippen molar-refractivity contribution in [1.82, 2.24) is 25.4 Å². The average Bonchev–Trinajstić information content (AvgIpc) is 3.47. The van der Waals surface area contributed by atoms with Crippen molar-refractivity contribution in [2.45, 2.75) is 63.7 Å². The van der Waals surface area contributed by atoms with Crippen LogP contribution in [0.15, 0.2) is 9.15 Å². The molecular formula is C19H25N5O3. The number of hydrogen-bond acceptors (Lipinski definition) is 7. The first-order chi connectivity index (χ1) is 13.2. The summed E-state index contributed by atoms with van der Waals surface area (Å²) in [4.78, 5) is 19.1. The lowest BCUT2D eigenvalue weighted by Crippen LogP contribution is -2.39. The first-order valence-corrected chi connectivity index (χ1v) is 10.1. The van der Waals surface area contributed by atoms with E-state index in [-0.39, 0.29) is 18.2 Å². The van der Waals surface area contributed by atoms with Crippen LogP contribution < -0.4 is 0 Å². The number of rotatable bonds is 4. The third-order valence-electron chi connectivity index (χ3n) is 6.79. The first kappa shape index (κ1) is 16.9. The molecule has 1 saturated heterocycles. The van der Waals surface area contributed by atoms with Crippen molar-refractivity contribution in [2.75, 3.05) is 13.1 Å². The molecule has 0 N–H and O–H groups in total. The van der Waals surface area contributed by atoms with Crippen LogP contribution in [0.1, 0.15) is 73.5 Å². The third-order valence-corrected chi connectivity index (χ3v) is 6.79. The minimum atomic E-state index is 0.0699. The molecule has 3 unspecified atom stereocenters. The number of piperidine rings is 1. The van der Waals surface area contributed by atoms with Crippen LogP contribution in [0.5, 0.6) is 0 Å². The van der Waals surface area contributed by atoms with Crippen LogP contribution >= 0.6 is 0 Å². The van der Waals surface area contributed by atoms with Crippen molar-refractivity contribution >= 4 is 5.91 Å². The zero-order valence-electron chi connectivity index (χ0n) is 15.6. The highest BCUT2D eigenvalue weighted by atomic mass is 16.6. The van der Waals surface area contributed by atoms with Crippen molar-refractivity contribution in [3.8, 4) is 0 Å². The molecule has 144 valence electrons. The molecule has 2 aromatic heterocycles. The molecule has 8 nitrogen and oxygen atoms in total. The fourth-order valence-electron chi connectivity index (χ4n) is 5.17. The summed E-state index contributed by atoms with van der Waals surface area (Å²) in [7, 11) is 0. The van der Waals surface area contributed by atoms with Crippen LogP contribution in [0.3, 0.4) is 0 Å². The van der Waals surface area contributed by atoms with E-state index in [4.69, 9.17) is 9.51 Å². The van der Waals surface area contributed by atoms with Gasteiger partial charge in [0.25, 0.3) is 0 Å². The molecule has 5 rings (SSSR count). The molecule has 3 heterocycles. The Hall–Kier alpha value is -2.25. The Balaban J connectivity index is 1.17. The Kier molecular flexibility index (Phi) is 4.21. The molecule has 0 aromatic carbocycles. The molecule has 0 radical (unpaired) electrons. The van der Waals surface area contributed by atoms with E-state index in [2.05, 4.69) is 20.1 Å². The summed E-state index contributed by atoms with van der Waals surface area (Å²) in [6.45, 7) is 3.22. The number of nitrogens with zero attached hydrogens (tertiary/aromatic N) is 5. The molecule has 0 spiro atoms. The molecule has 1 amide bonds. The van der Waals surface area contributed by atoms with Gasteiger partial charge in [-0.05, 0) is 50.9 Å². The van der Waals surface area contributed by atoms with Crippen LogP contribution in [0, 0.1) is 18.8 Å². The van der Waals surface area contributed by atoms with Gasteiger partial charge in [-0.15, -0.1) is 0 Å². The summed E-state index contributed by atoms with van der Waals surface area (Å²) in [6, 6.07) is 0. The maximum Gasteiger partial charge on any atom is 0.229 e. The molecule has 3 aliphatic rings. The fourth-order valence-corrected chi connectivity index (χ4v) is 5.17. The summed E-state index contributed by atoms with van der Waals surface area (Å²) in [5.74, 6) is 4.14. The van der Waals surface area contributed by atoms with Crippen molar-refractivity contribution in [3.63, 3.8) is 0 Å². The fraction of sp³-hybridized carbons (Fsp3) is 0.737. The number of fused-ring (bicyclic) bond motifs is 2. The predicted molar refractivity (Wildman–Crippen MR) is 93.8 cm³/mol. The van der Waals surface area contributed by atoms with E-state index in [1.165, 1.54) is 25.7 Å². The van der Waals surface area contributed by atoms with Crippen molar-refractivity contribution in [3.05, 3.63) is 23.1 Å². The maximum atomic E-state index is 12.5. The van der Waals surface area contributed by atoms with Gasteiger partial charge in [0.2, 0.25) is 11.8 Å². The smallest absolute Gasteiger partial charge is 0.229 e. The Bertz CT molecular complexity index is 823. The molecule has 3 fully saturated rings. The van der Waals surface area contributed by atoms with E-state index in [9.17, 15) is 4.79 Å². The lowest BCUT2D eigenvalue weighted by molar-refractivity contribution is -0.131. The molecule has 8 heteroatoms. The van der Waals surface area contributed by atoms with Gasteiger partial charge < -0.3 is 9.42 Å². The summed E-state index contributed by atoms with van der Waals surface area (Å²) in [6.07, 6.45) is 7.24.